The smallest absolute Gasteiger partial charge is 0.247 e. The Balaban J connectivity index is 3.07. The fourth-order valence-corrected chi connectivity index (χ4v) is 2.34. The van der Waals surface area contributed by atoms with Crippen molar-refractivity contribution in [1.82, 2.24) is 0 Å². The number of carbonyl (C=O) groups excluding carboxylic acids is 1. The molecule has 117 valence electrons. The minimum absolute atomic E-state index is 0.220. The number of allylic oxidation sites excluding steroid dienone is 2. The molecule has 0 aliphatic carbocycles. The summed E-state index contributed by atoms with van der Waals surface area (Å²) in [4.78, 5) is 10.2. The zero-order chi connectivity index (χ0) is 14.9. The Morgan fingerprint density at radius 1 is 0.750 bits per heavy atom. The van der Waals surface area contributed by atoms with E-state index in [-0.39, 0.29) is 6.42 Å². The molecule has 0 saturated heterocycles. The summed E-state index contributed by atoms with van der Waals surface area (Å²) in [6.07, 6.45) is 20.9. The van der Waals surface area contributed by atoms with Gasteiger partial charge in [-0.25, -0.2) is 9.90 Å². The van der Waals surface area contributed by atoms with E-state index in [4.69, 9.17) is 0 Å². The third-order valence-corrected chi connectivity index (χ3v) is 3.64. The molecular weight excluding hydrogens is 259 g/mol. The molecule has 0 aromatic carbocycles. The zero-order valence-corrected chi connectivity index (χ0v) is 13.4. The van der Waals surface area contributed by atoms with Gasteiger partial charge in [0, 0.05) is 0 Å². The van der Waals surface area contributed by atoms with Crippen molar-refractivity contribution < 1.29 is 9.90 Å². The highest BCUT2D eigenvalue weighted by Crippen LogP contribution is 2.09. The highest BCUT2D eigenvalue weighted by molar-refractivity contribution is 5.66. The van der Waals surface area contributed by atoms with Gasteiger partial charge >= 0.3 is 5.97 Å². The van der Waals surface area contributed by atoms with Crippen molar-refractivity contribution in [3.05, 3.63) is 12.2 Å². The lowest BCUT2D eigenvalue weighted by Gasteiger charge is -1.99. The summed E-state index contributed by atoms with van der Waals surface area (Å²) in [5.74, 6) is -0.914. The van der Waals surface area contributed by atoms with Gasteiger partial charge in [0.25, 0.3) is 0 Å². The fourth-order valence-electron chi connectivity index (χ4n) is 2.34. The number of rotatable bonds is 15. The molecular formula is C18H33O2. The van der Waals surface area contributed by atoms with Crippen LogP contribution in [0.4, 0.5) is 0 Å². The molecule has 0 spiro atoms. The fraction of sp³-hybridized carbons (Fsp3) is 0.833. The Morgan fingerprint density at radius 3 is 1.70 bits per heavy atom. The molecule has 0 fully saturated rings. The Bertz CT molecular complexity index is 234. The zero-order valence-electron chi connectivity index (χ0n) is 13.4. The Morgan fingerprint density at radius 2 is 1.20 bits per heavy atom. The molecule has 0 amide bonds. The second-order valence-corrected chi connectivity index (χ2v) is 5.71. The van der Waals surface area contributed by atoms with Gasteiger partial charge in [-0.05, 0) is 32.1 Å². The minimum Gasteiger partial charge on any atom is -0.247 e. The number of unbranched alkanes of at least 4 members (excludes halogenated alkanes) is 11. The van der Waals surface area contributed by atoms with Crippen LogP contribution in [0.25, 0.3) is 0 Å². The standard InChI is InChI=1S/C18H33O2/c1-2-3-4-5-6-7-8-9-10-11-12-13-14-15-16-17-18(19)20/h9-10H,2-8,11-17H2,1H3/b10-9-/i19+11. The molecule has 0 unspecified atom stereocenters. The second-order valence-electron chi connectivity index (χ2n) is 5.71. The third-order valence-electron chi connectivity index (χ3n) is 3.64. The molecule has 2 heteroatoms. The maximum atomic E-state index is 10.2. The van der Waals surface area contributed by atoms with Gasteiger partial charge in [0.05, 0.1) is 6.42 Å². The molecule has 0 heterocycles. The van der Waals surface area contributed by atoms with Crippen LogP contribution in [-0.2, 0) is 9.90 Å². The molecule has 0 aliphatic heterocycles. The SMILES string of the molecule is CCCCCCCC/C=C\CCCCCCCC(=O)[27O]. The van der Waals surface area contributed by atoms with Gasteiger partial charge in [-0.3, -0.25) is 0 Å². The largest absolute Gasteiger partial charge is 0.355 e. The first-order valence-corrected chi connectivity index (χ1v) is 8.62. The van der Waals surface area contributed by atoms with E-state index in [1.807, 2.05) is 0 Å². The van der Waals surface area contributed by atoms with Gasteiger partial charge in [0.2, 0.25) is 0 Å². The van der Waals surface area contributed by atoms with E-state index in [1.165, 1.54) is 64.2 Å². The van der Waals surface area contributed by atoms with E-state index < -0.39 is 5.97 Å². The van der Waals surface area contributed by atoms with Gasteiger partial charge in [-0.15, -0.1) is 0 Å². The summed E-state index contributed by atoms with van der Waals surface area (Å²) in [7, 11) is 0. The Kier molecular flexibility index (Phi) is 15.6. The highest BCUT2D eigenvalue weighted by Gasteiger charge is 1.98. The third kappa shape index (κ3) is 17.2. The van der Waals surface area contributed by atoms with Crippen LogP contribution in [0.1, 0.15) is 96.8 Å². The van der Waals surface area contributed by atoms with Crippen molar-refractivity contribution in [2.75, 3.05) is 0 Å². The lowest BCUT2D eigenvalue weighted by atomic mass is 10.1. The van der Waals surface area contributed by atoms with Crippen molar-refractivity contribution in [3.8, 4) is 0 Å². The van der Waals surface area contributed by atoms with Crippen molar-refractivity contribution >= 4 is 5.97 Å². The van der Waals surface area contributed by atoms with Crippen LogP contribution in [0.5, 0.6) is 0 Å². The summed E-state index contributed by atoms with van der Waals surface area (Å²) >= 11 is 0. The van der Waals surface area contributed by atoms with E-state index >= 15 is 0 Å². The lowest BCUT2D eigenvalue weighted by Crippen LogP contribution is -1.91. The number of hydrogen-bond acceptors (Lipinski definition) is 1. The molecule has 0 aromatic rings. The predicted molar refractivity (Wildman–Crippen MR) is 85.1 cm³/mol. The topological polar surface area (TPSA) is 37.0 Å². The summed E-state index contributed by atoms with van der Waals surface area (Å²) in [5, 5.41) is 10.2. The van der Waals surface area contributed by atoms with Crippen LogP contribution in [0.2, 0.25) is 0 Å². The number of hydrogen-bond donors (Lipinski definition) is 0. The molecule has 20 heavy (non-hydrogen) atoms. The van der Waals surface area contributed by atoms with Gasteiger partial charge < -0.3 is 0 Å². The van der Waals surface area contributed by atoms with Gasteiger partial charge in [-0.1, -0.05) is 70.4 Å². The summed E-state index contributed by atoms with van der Waals surface area (Å²) in [5.41, 5.74) is 0. The molecule has 0 N–H and O–H groups in total. The quantitative estimate of drug-likeness (QED) is 0.270. The molecule has 2 nitrogen and oxygen atoms in total. The van der Waals surface area contributed by atoms with E-state index in [1.54, 1.807) is 0 Å². The maximum absolute atomic E-state index is 10.2. The number of carbonyl (C=O) groups is 1. The van der Waals surface area contributed by atoms with Gasteiger partial charge in [0.15, 0.2) is 0 Å². The van der Waals surface area contributed by atoms with E-state index in [2.05, 4.69) is 19.1 Å². The van der Waals surface area contributed by atoms with Crippen LogP contribution >= 0.6 is 0 Å². The van der Waals surface area contributed by atoms with Gasteiger partial charge in [-0.2, -0.15) is 0 Å². The van der Waals surface area contributed by atoms with Crippen molar-refractivity contribution in [2.45, 2.75) is 96.8 Å². The van der Waals surface area contributed by atoms with E-state index in [0.29, 0.717) is 0 Å². The molecule has 0 aliphatic rings. The van der Waals surface area contributed by atoms with E-state index in [9.17, 15) is 9.90 Å². The first kappa shape index (κ1) is 19.2. The Hall–Kier alpha value is -0.790. The minimum atomic E-state index is -0.914. The van der Waals surface area contributed by atoms with Crippen LogP contribution in [0.3, 0.4) is 0 Å². The molecule has 0 aromatic heterocycles. The van der Waals surface area contributed by atoms with Crippen molar-refractivity contribution in [2.24, 2.45) is 0 Å². The van der Waals surface area contributed by atoms with Crippen LogP contribution in [0, 0.1) is 0 Å². The van der Waals surface area contributed by atoms with Crippen molar-refractivity contribution in [1.29, 1.82) is 0 Å². The molecule has 0 atom stereocenters. The molecule has 0 rings (SSSR count). The van der Waals surface area contributed by atoms with Crippen LogP contribution in [-0.4, -0.2) is 5.97 Å². The average molecular weight is 293 g/mol. The maximum Gasteiger partial charge on any atom is 0.355 e. The summed E-state index contributed by atoms with van der Waals surface area (Å²) < 4.78 is 0. The van der Waals surface area contributed by atoms with Crippen molar-refractivity contribution in [3.63, 3.8) is 0 Å². The summed E-state index contributed by atoms with van der Waals surface area (Å²) in [6, 6.07) is 0. The molecule has 0 saturated carbocycles. The first-order chi connectivity index (χ1) is 9.77. The van der Waals surface area contributed by atoms with Crippen LogP contribution < -0.4 is 0 Å². The predicted octanol–water partition coefficient (Wildman–Crippen LogP) is 5.98. The lowest BCUT2D eigenvalue weighted by molar-refractivity contribution is -0.143. The second kappa shape index (κ2) is 16.3. The Labute approximate surface area is 125 Å². The molecule has 0 bridgehead atoms. The first-order valence-electron chi connectivity index (χ1n) is 8.62. The summed E-state index contributed by atoms with van der Waals surface area (Å²) in [6.45, 7) is 2.26. The van der Waals surface area contributed by atoms with Crippen LogP contribution in [0.15, 0.2) is 12.2 Å². The molecule has 1 radical (unpaired) electrons. The highest BCUT2D eigenvalue weighted by atomic mass is 27.1. The normalized spacial score (nSPS) is 11.2. The van der Waals surface area contributed by atoms with Gasteiger partial charge in [0.1, 0.15) is 0 Å². The monoisotopic (exact) mass is 292 g/mol. The average Bonchev–Trinajstić information content (AvgIpc) is 2.43. The van der Waals surface area contributed by atoms with E-state index in [0.717, 1.165) is 19.3 Å².